The van der Waals surface area contributed by atoms with E-state index in [1.165, 1.54) is 11.8 Å². The van der Waals surface area contributed by atoms with Gasteiger partial charge in [-0.05, 0) is 12.1 Å². The second-order valence-electron chi connectivity index (χ2n) is 3.04. The van der Waals surface area contributed by atoms with Gasteiger partial charge in [-0.2, -0.15) is 5.26 Å². The van der Waals surface area contributed by atoms with Gasteiger partial charge in [0.25, 0.3) is 0 Å². The van der Waals surface area contributed by atoms with Gasteiger partial charge >= 0.3 is 0 Å². The lowest BCUT2D eigenvalue weighted by molar-refractivity contribution is 0.0985. The molecule has 2 rings (SSSR count). The molecule has 4 heteroatoms. The molecule has 0 radical (unpaired) electrons. The van der Waals surface area contributed by atoms with Gasteiger partial charge in [0.2, 0.25) is 0 Å². The summed E-state index contributed by atoms with van der Waals surface area (Å²) in [6.45, 7) is 0. The molecule has 0 saturated carbocycles. The van der Waals surface area contributed by atoms with Crippen LogP contribution >= 0.6 is 11.8 Å². The summed E-state index contributed by atoms with van der Waals surface area (Å²) in [6, 6.07) is 5.37. The normalized spacial score (nSPS) is 14.6. The monoisotopic (exact) mass is 204 g/mol. The van der Waals surface area contributed by atoms with E-state index in [4.69, 9.17) is 11.0 Å². The number of carbonyl (C=O) groups is 1. The lowest BCUT2D eigenvalue weighted by atomic mass is 10.0. The number of hydrogen-bond donors (Lipinski definition) is 1. The van der Waals surface area contributed by atoms with Crippen LogP contribution in [0.15, 0.2) is 17.0 Å². The lowest BCUT2D eigenvalue weighted by Gasteiger charge is -2.16. The van der Waals surface area contributed by atoms with Crippen molar-refractivity contribution < 1.29 is 4.79 Å². The molecule has 0 saturated heterocycles. The zero-order chi connectivity index (χ0) is 10.1. The van der Waals surface area contributed by atoms with E-state index in [9.17, 15) is 4.79 Å². The number of nitrogens with zero attached hydrogens (tertiary/aromatic N) is 1. The summed E-state index contributed by atoms with van der Waals surface area (Å²) in [7, 11) is 0. The van der Waals surface area contributed by atoms with E-state index >= 15 is 0 Å². The van der Waals surface area contributed by atoms with Gasteiger partial charge in [-0.25, -0.2) is 0 Å². The van der Waals surface area contributed by atoms with Crippen molar-refractivity contribution in [1.29, 1.82) is 5.26 Å². The van der Waals surface area contributed by atoms with Crippen molar-refractivity contribution in [2.75, 3.05) is 11.5 Å². The van der Waals surface area contributed by atoms with Crippen LogP contribution in [0.25, 0.3) is 0 Å². The van der Waals surface area contributed by atoms with Gasteiger partial charge in [0, 0.05) is 22.8 Å². The first-order chi connectivity index (χ1) is 6.74. The van der Waals surface area contributed by atoms with E-state index < -0.39 is 0 Å². The molecule has 1 heterocycles. The van der Waals surface area contributed by atoms with E-state index in [-0.39, 0.29) is 5.78 Å². The van der Waals surface area contributed by atoms with Crippen molar-refractivity contribution in [2.24, 2.45) is 0 Å². The summed E-state index contributed by atoms with van der Waals surface area (Å²) in [4.78, 5) is 12.3. The Morgan fingerprint density at radius 2 is 2.29 bits per heavy atom. The van der Waals surface area contributed by atoms with E-state index in [1.54, 1.807) is 12.1 Å². The highest BCUT2D eigenvalue weighted by Crippen LogP contribution is 2.35. The predicted octanol–water partition coefficient (Wildman–Crippen LogP) is 1.82. The largest absolute Gasteiger partial charge is 0.398 e. The summed E-state index contributed by atoms with van der Waals surface area (Å²) in [5, 5.41) is 8.86. The highest BCUT2D eigenvalue weighted by Gasteiger charge is 2.22. The first-order valence-corrected chi connectivity index (χ1v) is 5.21. The maximum absolute atomic E-state index is 11.6. The number of hydrogen-bond acceptors (Lipinski definition) is 4. The van der Waals surface area contributed by atoms with Crippen LogP contribution in [0.3, 0.4) is 0 Å². The molecule has 0 fully saturated rings. The van der Waals surface area contributed by atoms with E-state index in [1.807, 2.05) is 0 Å². The first kappa shape index (κ1) is 9.10. The second-order valence-corrected chi connectivity index (χ2v) is 4.15. The molecule has 1 aromatic rings. The van der Waals surface area contributed by atoms with Crippen LogP contribution in [0.2, 0.25) is 0 Å². The minimum atomic E-state index is 0.0494. The molecule has 1 aromatic carbocycles. The van der Waals surface area contributed by atoms with Crippen LogP contribution in [0.5, 0.6) is 0 Å². The van der Waals surface area contributed by atoms with Crippen LogP contribution in [0, 0.1) is 11.3 Å². The maximum Gasteiger partial charge on any atom is 0.166 e. The van der Waals surface area contributed by atoms with Crippen LogP contribution in [-0.4, -0.2) is 11.5 Å². The standard InChI is InChI=1S/C10H8N2OS/c11-5-6-1-2-7(12)9-8(13)3-4-14-10(6)9/h1-2H,3-4,12H2. The number of ketones is 1. The van der Waals surface area contributed by atoms with Crippen molar-refractivity contribution in [1.82, 2.24) is 0 Å². The Hall–Kier alpha value is -1.47. The molecule has 1 aliphatic heterocycles. The Kier molecular flexibility index (Phi) is 2.18. The number of nitrogen functional groups attached to an aromatic ring is 1. The number of rotatable bonds is 0. The third-order valence-corrected chi connectivity index (χ3v) is 3.29. The Morgan fingerprint density at radius 3 is 3.00 bits per heavy atom. The van der Waals surface area contributed by atoms with Crippen LogP contribution < -0.4 is 5.73 Å². The molecule has 0 aromatic heterocycles. The minimum Gasteiger partial charge on any atom is -0.398 e. The van der Waals surface area contributed by atoms with Crippen molar-refractivity contribution >= 4 is 23.2 Å². The summed E-state index contributed by atoms with van der Waals surface area (Å²) in [6.07, 6.45) is 0.511. The van der Waals surface area contributed by atoms with E-state index in [0.717, 1.165) is 10.6 Å². The molecular formula is C10H8N2OS. The summed E-state index contributed by atoms with van der Waals surface area (Å²) < 4.78 is 0. The Morgan fingerprint density at radius 1 is 1.50 bits per heavy atom. The van der Waals surface area contributed by atoms with Crippen LogP contribution in [-0.2, 0) is 0 Å². The van der Waals surface area contributed by atoms with Gasteiger partial charge in [0.05, 0.1) is 11.1 Å². The summed E-state index contributed by atoms with van der Waals surface area (Å²) in [5.74, 6) is 0.789. The third-order valence-electron chi connectivity index (χ3n) is 2.16. The minimum absolute atomic E-state index is 0.0494. The number of nitrogens with two attached hydrogens (primary N) is 1. The van der Waals surface area contributed by atoms with Crippen molar-refractivity contribution in [3.8, 4) is 6.07 Å². The molecule has 0 amide bonds. The molecule has 0 unspecified atom stereocenters. The summed E-state index contributed by atoms with van der Waals surface area (Å²) >= 11 is 1.53. The molecule has 70 valence electrons. The lowest BCUT2D eigenvalue weighted by Crippen LogP contribution is -2.12. The number of fused-ring (bicyclic) bond motifs is 1. The number of thioether (sulfide) groups is 1. The molecule has 0 aliphatic carbocycles. The predicted molar refractivity (Wildman–Crippen MR) is 55.2 cm³/mol. The highest BCUT2D eigenvalue weighted by atomic mass is 32.2. The molecular weight excluding hydrogens is 196 g/mol. The fourth-order valence-electron chi connectivity index (χ4n) is 1.49. The average molecular weight is 204 g/mol. The Labute approximate surface area is 85.9 Å². The zero-order valence-corrected chi connectivity index (χ0v) is 8.23. The van der Waals surface area contributed by atoms with Crippen LogP contribution in [0.1, 0.15) is 22.3 Å². The molecule has 0 bridgehead atoms. The molecule has 0 spiro atoms. The SMILES string of the molecule is N#Cc1ccc(N)c2c1SCCC2=O. The molecule has 2 N–H and O–H groups in total. The Balaban J connectivity index is 2.71. The first-order valence-electron chi connectivity index (χ1n) is 4.22. The third kappa shape index (κ3) is 1.26. The van der Waals surface area contributed by atoms with E-state index in [2.05, 4.69) is 6.07 Å². The van der Waals surface area contributed by atoms with Crippen molar-refractivity contribution in [3.05, 3.63) is 23.3 Å². The maximum atomic E-state index is 11.6. The zero-order valence-electron chi connectivity index (χ0n) is 7.41. The van der Waals surface area contributed by atoms with Crippen LogP contribution in [0.4, 0.5) is 5.69 Å². The smallest absolute Gasteiger partial charge is 0.166 e. The van der Waals surface area contributed by atoms with Gasteiger partial charge in [-0.1, -0.05) is 0 Å². The fourth-order valence-corrected chi connectivity index (χ4v) is 2.63. The van der Waals surface area contributed by atoms with Gasteiger partial charge in [0.15, 0.2) is 5.78 Å². The van der Waals surface area contributed by atoms with Crippen molar-refractivity contribution in [2.45, 2.75) is 11.3 Å². The highest BCUT2D eigenvalue weighted by molar-refractivity contribution is 7.99. The second kappa shape index (κ2) is 3.35. The van der Waals surface area contributed by atoms with Gasteiger partial charge in [-0.3, -0.25) is 4.79 Å². The molecule has 3 nitrogen and oxygen atoms in total. The summed E-state index contributed by atoms with van der Waals surface area (Å²) in [5.41, 5.74) is 7.28. The number of Topliss-reactive ketones (excluding diaryl/α,β-unsaturated/α-hetero) is 1. The molecule has 14 heavy (non-hydrogen) atoms. The quantitative estimate of drug-likeness (QED) is 0.654. The number of nitriles is 1. The van der Waals surface area contributed by atoms with Crippen molar-refractivity contribution in [3.63, 3.8) is 0 Å². The molecule has 0 atom stereocenters. The fraction of sp³-hybridized carbons (Fsp3) is 0.200. The molecule has 1 aliphatic rings. The van der Waals surface area contributed by atoms with Gasteiger partial charge in [0.1, 0.15) is 6.07 Å². The van der Waals surface area contributed by atoms with Gasteiger partial charge < -0.3 is 5.73 Å². The Bertz CT molecular complexity index is 448. The van der Waals surface area contributed by atoms with Gasteiger partial charge in [-0.15, -0.1) is 11.8 Å². The number of benzene rings is 1. The topological polar surface area (TPSA) is 66.9 Å². The average Bonchev–Trinajstić information content (AvgIpc) is 2.18. The number of carbonyl (C=O) groups excluding carboxylic acids is 1. The van der Waals surface area contributed by atoms with E-state index in [0.29, 0.717) is 23.2 Å². The number of anilines is 1.